The van der Waals surface area contributed by atoms with E-state index in [9.17, 15) is 23.1 Å². The van der Waals surface area contributed by atoms with Crippen LogP contribution in [0.15, 0.2) is 48.8 Å². The predicted molar refractivity (Wildman–Crippen MR) is 143 cm³/mol. The van der Waals surface area contributed by atoms with Crippen LogP contribution in [0.4, 0.5) is 13.2 Å². The standard InChI is InChI=1S/C28H29F3N6O4/c1-17-24(18-4-7-20(40-2)8-5-18)34-26-21(15-33-37(26)25(17)28(29,30)31)27(39)36-12-10-35(11-13-36)22(16-38)19-6-9-23(41-3)32-14-19/h4-9,14-15,22,38H,10-13,16H2,1-3H3/t22-/m0/s1. The number of ether oxygens (including phenoxy) is 2. The van der Waals surface area contributed by atoms with E-state index in [0.717, 1.165) is 11.8 Å². The van der Waals surface area contributed by atoms with Crippen molar-refractivity contribution in [1.29, 1.82) is 0 Å². The van der Waals surface area contributed by atoms with Crippen LogP contribution in [0.25, 0.3) is 16.9 Å². The fourth-order valence-electron chi connectivity index (χ4n) is 5.14. The highest BCUT2D eigenvalue weighted by molar-refractivity contribution is 6.00. The molecule has 216 valence electrons. The highest BCUT2D eigenvalue weighted by Crippen LogP contribution is 2.37. The number of halogens is 3. The molecule has 0 unspecified atom stereocenters. The van der Waals surface area contributed by atoms with E-state index in [1.807, 2.05) is 11.0 Å². The van der Waals surface area contributed by atoms with E-state index in [4.69, 9.17) is 9.47 Å². The number of piperazine rings is 1. The maximum atomic E-state index is 14.3. The highest BCUT2D eigenvalue weighted by atomic mass is 19.4. The van der Waals surface area contributed by atoms with Crippen LogP contribution in [0, 0.1) is 6.92 Å². The number of rotatable bonds is 7. The van der Waals surface area contributed by atoms with Crippen LogP contribution in [-0.2, 0) is 6.18 Å². The smallest absolute Gasteiger partial charge is 0.433 e. The van der Waals surface area contributed by atoms with E-state index in [1.54, 1.807) is 41.4 Å². The molecule has 4 heterocycles. The van der Waals surface area contributed by atoms with E-state index in [0.29, 0.717) is 47.9 Å². The molecular formula is C28H29F3N6O4. The number of aliphatic hydroxyl groups excluding tert-OH is 1. The lowest BCUT2D eigenvalue weighted by Gasteiger charge is -2.38. The average Bonchev–Trinajstić information content (AvgIpc) is 3.40. The Bertz CT molecular complexity index is 1530. The first-order chi connectivity index (χ1) is 19.7. The van der Waals surface area contributed by atoms with Gasteiger partial charge in [0, 0.05) is 49.6 Å². The predicted octanol–water partition coefficient (Wildman–Crippen LogP) is 3.63. The zero-order valence-electron chi connectivity index (χ0n) is 22.7. The summed E-state index contributed by atoms with van der Waals surface area (Å²) in [6, 6.07) is 9.74. The van der Waals surface area contributed by atoms with Gasteiger partial charge in [-0.3, -0.25) is 9.69 Å². The Morgan fingerprint density at radius 2 is 1.73 bits per heavy atom. The van der Waals surface area contributed by atoms with Crippen molar-refractivity contribution in [1.82, 2.24) is 29.4 Å². The molecule has 1 atom stereocenters. The number of hydrogen-bond acceptors (Lipinski definition) is 8. The van der Waals surface area contributed by atoms with Gasteiger partial charge in [0.25, 0.3) is 5.91 Å². The van der Waals surface area contributed by atoms with Gasteiger partial charge < -0.3 is 19.5 Å². The molecule has 4 aromatic rings. The van der Waals surface area contributed by atoms with Gasteiger partial charge in [0.15, 0.2) is 11.3 Å². The van der Waals surface area contributed by atoms with Crippen molar-refractivity contribution in [2.24, 2.45) is 0 Å². The number of aromatic nitrogens is 4. The minimum atomic E-state index is -4.74. The van der Waals surface area contributed by atoms with Crippen LogP contribution in [0.5, 0.6) is 11.6 Å². The monoisotopic (exact) mass is 570 g/mol. The summed E-state index contributed by atoms with van der Waals surface area (Å²) in [6.07, 6.45) is -1.95. The molecule has 0 radical (unpaired) electrons. The van der Waals surface area contributed by atoms with Gasteiger partial charge in [0.1, 0.15) is 11.3 Å². The Kier molecular flexibility index (Phi) is 7.82. The van der Waals surface area contributed by atoms with Crippen molar-refractivity contribution in [3.63, 3.8) is 0 Å². The minimum absolute atomic E-state index is 0.0169. The first kappa shape index (κ1) is 28.3. The van der Waals surface area contributed by atoms with Crippen molar-refractivity contribution in [2.75, 3.05) is 47.0 Å². The topological polar surface area (TPSA) is 105 Å². The maximum absolute atomic E-state index is 14.3. The number of pyridine rings is 1. The molecular weight excluding hydrogens is 541 g/mol. The molecule has 0 bridgehead atoms. The van der Waals surface area contributed by atoms with Crippen molar-refractivity contribution in [2.45, 2.75) is 19.1 Å². The van der Waals surface area contributed by atoms with Crippen LogP contribution in [0.2, 0.25) is 0 Å². The molecule has 10 nitrogen and oxygen atoms in total. The molecule has 1 amide bonds. The lowest BCUT2D eigenvalue weighted by Crippen LogP contribution is -2.50. The SMILES string of the molecule is COc1ccc(-c2nc3c(C(=O)N4CCN([C@@H](CO)c5ccc(OC)nc5)CC4)cnn3c(C(F)(F)F)c2C)cc1. The van der Waals surface area contributed by atoms with Gasteiger partial charge in [-0.1, -0.05) is 6.07 Å². The van der Waals surface area contributed by atoms with Crippen LogP contribution < -0.4 is 9.47 Å². The number of carbonyl (C=O) groups is 1. The number of fused-ring (bicyclic) bond motifs is 1. The molecule has 13 heteroatoms. The van der Waals surface area contributed by atoms with E-state index in [2.05, 4.69) is 15.1 Å². The van der Waals surface area contributed by atoms with Gasteiger partial charge in [-0.05, 0) is 36.8 Å². The van der Waals surface area contributed by atoms with Gasteiger partial charge in [0.2, 0.25) is 5.88 Å². The fraction of sp³-hybridized carbons (Fsp3) is 0.357. The summed E-state index contributed by atoms with van der Waals surface area (Å²) in [5.74, 6) is 0.549. The molecule has 0 spiro atoms. The summed E-state index contributed by atoms with van der Waals surface area (Å²) in [5, 5.41) is 14.0. The number of carbonyl (C=O) groups excluding carboxylic acids is 1. The first-order valence-corrected chi connectivity index (χ1v) is 12.9. The van der Waals surface area contributed by atoms with Crippen LogP contribution in [0.1, 0.15) is 33.2 Å². The second-order valence-corrected chi connectivity index (χ2v) is 9.61. The maximum Gasteiger partial charge on any atom is 0.433 e. The Morgan fingerprint density at radius 3 is 2.29 bits per heavy atom. The zero-order valence-corrected chi connectivity index (χ0v) is 22.7. The number of alkyl halides is 3. The minimum Gasteiger partial charge on any atom is -0.497 e. The molecule has 3 aromatic heterocycles. The van der Waals surface area contributed by atoms with E-state index in [-0.39, 0.29) is 35.1 Å². The zero-order chi connectivity index (χ0) is 29.3. The quantitative estimate of drug-likeness (QED) is 0.359. The molecule has 1 aliphatic rings. The summed E-state index contributed by atoms with van der Waals surface area (Å²) < 4.78 is 53.7. The van der Waals surface area contributed by atoms with E-state index >= 15 is 0 Å². The van der Waals surface area contributed by atoms with Crippen molar-refractivity contribution in [3.05, 3.63) is 71.2 Å². The van der Waals surface area contributed by atoms with Crippen LogP contribution in [0.3, 0.4) is 0 Å². The van der Waals surface area contributed by atoms with Crippen LogP contribution in [-0.4, -0.2) is 87.4 Å². The number of amides is 1. The number of methoxy groups -OCH3 is 2. The van der Waals surface area contributed by atoms with E-state index in [1.165, 1.54) is 21.1 Å². The molecule has 5 rings (SSSR count). The largest absolute Gasteiger partial charge is 0.497 e. The lowest BCUT2D eigenvalue weighted by molar-refractivity contribution is -0.143. The third-order valence-corrected chi connectivity index (χ3v) is 7.31. The number of benzene rings is 1. The van der Waals surface area contributed by atoms with E-state index < -0.39 is 17.8 Å². The van der Waals surface area contributed by atoms with Crippen molar-refractivity contribution < 1.29 is 32.5 Å². The van der Waals surface area contributed by atoms with Gasteiger partial charge in [-0.2, -0.15) is 18.3 Å². The summed E-state index contributed by atoms with van der Waals surface area (Å²) in [5.41, 5.74) is 0.0832. The Hall–Kier alpha value is -4.23. The van der Waals surface area contributed by atoms with Crippen molar-refractivity contribution in [3.8, 4) is 22.9 Å². The molecule has 1 aromatic carbocycles. The van der Waals surface area contributed by atoms with Crippen molar-refractivity contribution >= 4 is 11.6 Å². The number of nitrogens with zero attached hydrogens (tertiary/aromatic N) is 6. The molecule has 0 saturated carbocycles. The summed E-state index contributed by atoms with van der Waals surface area (Å²) in [4.78, 5) is 25.9. The summed E-state index contributed by atoms with van der Waals surface area (Å²) in [7, 11) is 3.02. The number of aliphatic hydroxyl groups is 1. The van der Waals surface area contributed by atoms with Crippen LogP contribution >= 0.6 is 0 Å². The fourth-order valence-corrected chi connectivity index (χ4v) is 5.14. The Labute approximate surface area is 233 Å². The summed E-state index contributed by atoms with van der Waals surface area (Å²) in [6.45, 7) is 2.69. The molecule has 0 aliphatic carbocycles. The molecule has 1 fully saturated rings. The second-order valence-electron chi connectivity index (χ2n) is 9.61. The van der Waals surface area contributed by atoms with Gasteiger partial charge in [0.05, 0.1) is 38.8 Å². The third-order valence-electron chi connectivity index (χ3n) is 7.31. The third kappa shape index (κ3) is 5.42. The normalized spacial score (nSPS) is 15.2. The molecule has 41 heavy (non-hydrogen) atoms. The summed E-state index contributed by atoms with van der Waals surface area (Å²) >= 11 is 0. The second kappa shape index (κ2) is 11.3. The first-order valence-electron chi connectivity index (χ1n) is 12.9. The Balaban J connectivity index is 1.43. The average molecular weight is 571 g/mol. The van der Waals surface area contributed by atoms with Gasteiger partial charge in [-0.25, -0.2) is 14.5 Å². The Morgan fingerprint density at radius 1 is 1.02 bits per heavy atom. The highest BCUT2D eigenvalue weighted by Gasteiger charge is 2.39. The molecule has 1 N–H and O–H groups in total. The van der Waals surface area contributed by atoms with Gasteiger partial charge >= 0.3 is 6.18 Å². The lowest BCUT2D eigenvalue weighted by atomic mass is 10.0. The molecule has 1 saturated heterocycles. The van der Waals surface area contributed by atoms with Gasteiger partial charge in [-0.15, -0.1) is 0 Å². The number of hydrogen-bond donors (Lipinski definition) is 1. The molecule has 1 aliphatic heterocycles.